The lowest BCUT2D eigenvalue weighted by Crippen LogP contribution is -2.42. The van der Waals surface area contributed by atoms with Gasteiger partial charge in [0.15, 0.2) is 0 Å². The van der Waals surface area contributed by atoms with Crippen LogP contribution in [0.15, 0.2) is 34.7 Å². The predicted molar refractivity (Wildman–Crippen MR) is 101 cm³/mol. The van der Waals surface area contributed by atoms with Crippen molar-refractivity contribution >= 4 is 0 Å². The van der Waals surface area contributed by atoms with Gasteiger partial charge in [0.25, 0.3) is 0 Å². The largest absolute Gasteiger partial charge is 0.507 e. The number of ether oxygens (including phenoxy) is 1. The van der Waals surface area contributed by atoms with Crippen LogP contribution in [0.3, 0.4) is 0 Å². The number of hydrogen-bond donors (Lipinski definition) is 2. The number of hydrogen-bond acceptors (Lipinski definition) is 8. The zero-order valence-electron chi connectivity index (χ0n) is 15.5. The molecule has 5 rings (SSSR count). The third kappa shape index (κ3) is 3.31. The van der Waals surface area contributed by atoms with Gasteiger partial charge >= 0.3 is 0 Å². The summed E-state index contributed by atoms with van der Waals surface area (Å²) >= 11 is 0. The molecule has 2 aliphatic rings. The van der Waals surface area contributed by atoms with Crippen molar-refractivity contribution in [3.05, 3.63) is 36.2 Å². The van der Waals surface area contributed by atoms with E-state index in [1.54, 1.807) is 31.2 Å². The lowest BCUT2D eigenvalue weighted by atomic mass is 10.0. The number of phenolic OH excluding ortho intramolecular Hbond substituents is 1. The molecule has 144 valence electrons. The minimum atomic E-state index is 0.0752. The number of fused-ring (bicyclic) bond motifs is 2. The molecule has 0 saturated carbocycles. The van der Waals surface area contributed by atoms with E-state index in [2.05, 4.69) is 25.7 Å². The van der Waals surface area contributed by atoms with Crippen molar-refractivity contribution in [2.24, 2.45) is 0 Å². The van der Waals surface area contributed by atoms with E-state index in [1.165, 1.54) is 12.8 Å². The Bertz CT molecular complexity index is 976. The van der Waals surface area contributed by atoms with Crippen molar-refractivity contribution in [3.8, 4) is 34.3 Å². The summed E-state index contributed by atoms with van der Waals surface area (Å²) in [7, 11) is 0. The molecule has 8 nitrogen and oxygen atoms in total. The third-order valence-electron chi connectivity index (χ3n) is 5.40. The van der Waals surface area contributed by atoms with Crippen LogP contribution in [-0.4, -0.2) is 43.7 Å². The van der Waals surface area contributed by atoms with Gasteiger partial charge in [0.05, 0.1) is 5.69 Å². The second-order valence-corrected chi connectivity index (χ2v) is 7.46. The number of benzene rings is 1. The molecule has 2 N–H and O–H groups in total. The molecule has 3 aromatic rings. The second kappa shape index (κ2) is 6.87. The maximum atomic E-state index is 10.4. The Morgan fingerprint density at radius 3 is 2.50 bits per heavy atom. The number of phenols is 1. The van der Waals surface area contributed by atoms with Gasteiger partial charge in [-0.05, 0) is 49.9 Å². The monoisotopic (exact) mass is 379 g/mol. The fraction of sp³-hybridized carbons (Fsp3) is 0.400. The van der Waals surface area contributed by atoms with Crippen LogP contribution in [0.4, 0.5) is 0 Å². The first-order valence-electron chi connectivity index (χ1n) is 9.54. The molecule has 0 unspecified atom stereocenters. The molecule has 4 heterocycles. The fourth-order valence-corrected chi connectivity index (χ4v) is 4.09. The molecule has 0 amide bonds. The van der Waals surface area contributed by atoms with Crippen LogP contribution in [0.5, 0.6) is 11.6 Å². The van der Waals surface area contributed by atoms with Crippen LogP contribution in [0, 0.1) is 6.92 Å². The summed E-state index contributed by atoms with van der Waals surface area (Å²) in [6, 6.07) is 9.89. The van der Waals surface area contributed by atoms with Crippen molar-refractivity contribution in [1.82, 2.24) is 25.7 Å². The van der Waals surface area contributed by atoms with Crippen LogP contribution in [-0.2, 0) is 0 Å². The summed E-state index contributed by atoms with van der Waals surface area (Å²) < 4.78 is 11.4. The number of nitrogens with zero attached hydrogens (tertiary/aromatic N) is 4. The number of aromatic hydroxyl groups is 1. The zero-order chi connectivity index (χ0) is 19.1. The molecule has 2 saturated heterocycles. The van der Waals surface area contributed by atoms with Crippen LogP contribution in [0.1, 0.15) is 31.6 Å². The van der Waals surface area contributed by atoms with Gasteiger partial charge in [-0.25, -0.2) is 0 Å². The van der Waals surface area contributed by atoms with Crippen molar-refractivity contribution in [2.75, 3.05) is 0 Å². The molecular formula is C20H21N5O3. The average molecular weight is 379 g/mol. The van der Waals surface area contributed by atoms with Gasteiger partial charge in [0.1, 0.15) is 11.9 Å². The number of rotatable bonds is 4. The lowest BCUT2D eigenvalue weighted by Gasteiger charge is -2.28. The number of aryl methyl sites for hydroxylation is 1. The Hall–Kier alpha value is -3.00. The number of aromatic nitrogens is 4. The summed E-state index contributed by atoms with van der Waals surface area (Å²) in [5, 5.41) is 30.2. The summed E-state index contributed by atoms with van der Waals surface area (Å²) in [6.07, 6.45) is 4.67. The van der Waals surface area contributed by atoms with Crippen molar-refractivity contribution in [3.63, 3.8) is 0 Å². The Morgan fingerprint density at radius 2 is 1.86 bits per heavy atom. The van der Waals surface area contributed by atoms with Crippen molar-refractivity contribution in [1.29, 1.82) is 0 Å². The molecule has 2 aromatic heterocycles. The van der Waals surface area contributed by atoms with Gasteiger partial charge in [-0.2, -0.15) is 0 Å². The van der Waals surface area contributed by atoms with Gasteiger partial charge < -0.3 is 19.6 Å². The zero-order valence-corrected chi connectivity index (χ0v) is 15.5. The molecule has 0 radical (unpaired) electrons. The molecule has 2 aliphatic heterocycles. The van der Waals surface area contributed by atoms with Gasteiger partial charge in [0.2, 0.25) is 17.7 Å². The first-order chi connectivity index (χ1) is 13.6. The molecule has 0 aliphatic carbocycles. The Morgan fingerprint density at radius 1 is 1.04 bits per heavy atom. The molecule has 28 heavy (non-hydrogen) atoms. The maximum absolute atomic E-state index is 10.4. The van der Waals surface area contributed by atoms with Crippen LogP contribution < -0.4 is 10.1 Å². The topological polar surface area (TPSA) is 106 Å². The van der Waals surface area contributed by atoms with Gasteiger partial charge in [-0.15, -0.1) is 20.4 Å². The lowest BCUT2D eigenvalue weighted by molar-refractivity contribution is 0.130. The number of piperidine rings is 1. The highest BCUT2D eigenvalue weighted by Crippen LogP contribution is 2.33. The SMILES string of the molecule is Cc1nnc(-c2ccc(-c3ccc(O[C@@H]4C[C@H]5CC[C@@H](C4)N5)nn3)c(O)c2)o1. The Labute approximate surface area is 162 Å². The highest BCUT2D eigenvalue weighted by molar-refractivity contribution is 5.71. The molecule has 8 heteroatoms. The summed E-state index contributed by atoms with van der Waals surface area (Å²) in [5.41, 5.74) is 1.80. The van der Waals surface area contributed by atoms with E-state index < -0.39 is 0 Å². The second-order valence-electron chi connectivity index (χ2n) is 7.46. The predicted octanol–water partition coefficient (Wildman–Crippen LogP) is 2.87. The standard InChI is InChI=1S/C20H21N5O3/c1-11-22-25-20(27-11)12-2-5-16(18(26)8-12)17-6-7-19(24-23-17)28-15-9-13-3-4-14(10-15)21-13/h2,5-8,13-15,21,26H,3-4,9-10H2,1H3/t13-,14+,15-. The van der Waals surface area contributed by atoms with E-state index in [0.29, 0.717) is 46.6 Å². The van der Waals surface area contributed by atoms with E-state index in [0.717, 1.165) is 12.8 Å². The minimum Gasteiger partial charge on any atom is -0.507 e. The molecule has 2 fully saturated rings. The number of nitrogens with one attached hydrogen (secondary N) is 1. The Balaban J connectivity index is 1.31. The van der Waals surface area contributed by atoms with E-state index in [4.69, 9.17) is 9.15 Å². The van der Waals surface area contributed by atoms with E-state index in [9.17, 15) is 5.11 Å². The normalized spacial score (nSPS) is 23.7. The highest BCUT2D eigenvalue weighted by atomic mass is 16.5. The Kier molecular flexibility index (Phi) is 4.20. The van der Waals surface area contributed by atoms with Gasteiger partial charge in [0, 0.05) is 36.2 Å². The fourth-order valence-electron chi connectivity index (χ4n) is 4.09. The van der Waals surface area contributed by atoms with E-state index >= 15 is 0 Å². The van der Waals surface area contributed by atoms with Crippen molar-refractivity contribution < 1.29 is 14.3 Å². The van der Waals surface area contributed by atoms with Gasteiger partial charge in [-0.1, -0.05) is 0 Å². The molecule has 0 spiro atoms. The van der Waals surface area contributed by atoms with E-state index in [1.807, 2.05) is 6.07 Å². The molecule has 3 atom stereocenters. The molecule has 2 bridgehead atoms. The molecular weight excluding hydrogens is 358 g/mol. The van der Waals surface area contributed by atoms with Crippen LogP contribution in [0.25, 0.3) is 22.7 Å². The highest BCUT2D eigenvalue weighted by Gasteiger charge is 2.34. The minimum absolute atomic E-state index is 0.0752. The maximum Gasteiger partial charge on any atom is 0.247 e. The molecule has 1 aromatic carbocycles. The van der Waals surface area contributed by atoms with E-state index in [-0.39, 0.29) is 11.9 Å². The summed E-state index contributed by atoms with van der Waals surface area (Å²) in [6.45, 7) is 1.72. The first-order valence-corrected chi connectivity index (χ1v) is 9.54. The summed E-state index contributed by atoms with van der Waals surface area (Å²) in [5.74, 6) is 1.44. The smallest absolute Gasteiger partial charge is 0.247 e. The van der Waals surface area contributed by atoms with Crippen LogP contribution in [0.2, 0.25) is 0 Å². The first kappa shape index (κ1) is 17.1. The quantitative estimate of drug-likeness (QED) is 0.713. The summed E-state index contributed by atoms with van der Waals surface area (Å²) in [4.78, 5) is 0. The van der Waals surface area contributed by atoms with Crippen LogP contribution >= 0.6 is 0 Å². The van der Waals surface area contributed by atoms with Crippen molar-refractivity contribution in [2.45, 2.75) is 50.8 Å². The third-order valence-corrected chi connectivity index (χ3v) is 5.40. The van der Waals surface area contributed by atoms with Gasteiger partial charge in [-0.3, -0.25) is 0 Å². The average Bonchev–Trinajstić information content (AvgIpc) is 3.27.